The molecule has 0 fully saturated rings. The van der Waals surface area contributed by atoms with Gasteiger partial charge in [-0.25, -0.2) is 0 Å². The number of hydrogen-bond acceptors (Lipinski definition) is 5. The summed E-state index contributed by atoms with van der Waals surface area (Å²) in [5.74, 6) is -0.519. The fraction of sp³-hybridized carbons (Fsp3) is 0. The average molecular weight is 430 g/mol. The number of non-ortho nitro benzene ring substituents is 1. The zero-order chi connectivity index (χ0) is 21.0. The summed E-state index contributed by atoms with van der Waals surface area (Å²) in [6, 6.07) is 15.1. The fourth-order valence-corrected chi connectivity index (χ4v) is 2.83. The van der Waals surface area contributed by atoms with Crippen LogP contribution in [-0.2, 0) is 0 Å². The number of phenolic OH excluding ortho intramolecular Hbond substituents is 1. The van der Waals surface area contributed by atoms with E-state index in [9.17, 15) is 20.0 Å². The van der Waals surface area contributed by atoms with E-state index >= 15 is 0 Å². The van der Waals surface area contributed by atoms with Crippen molar-refractivity contribution in [1.82, 2.24) is 0 Å². The van der Waals surface area contributed by atoms with Gasteiger partial charge in [-0.05, 0) is 30.3 Å². The summed E-state index contributed by atoms with van der Waals surface area (Å²) < 4.78 is 0. The number of benzene rings is 3. The Balaban J connectivity index is 1.84. The molecule has 0 saturated heterocycles. The lowest BCUT2D eigenvalue weighted by Crippen LogP contribution is -2.11. The van der Waals surface area contributed by atoms with Gasteiger partial charge in [0.1, 0.15) is 5.75 Å². The van der Waals surface area contributed by atoms with Gasteiger partial charge in [-0.15, -0.1) is 0 Å². The smallest absolute Gasteiger partial charge is 0.270 e. The number of anilines is 1. The maximum atomic E-state index is 12.3. The van der Waals surface area contributed by atoms with Gasteiger partial charge in [0, 0.05) is 29.5 Å². The molecule has 0 saturated carbocycles. The summed E-state index contributed by atoms with van der Waals surface area (Å²) in [5.41, 5.74) is 0.992. The SMILES string of the molecule is O=C(Nc1cc(Cl)c(N=Cc2cc([N+](=O)[O-])ccc2O)cc1Cl)c1ccccc1. The summed E-state index contributed by atoms with van der Waals surface area (Å²) in [4.78, 5) is 26.7. The Hall–Kier alpha value is -3.42. The number of phenols is 1. The predicted octanol–water partition coefficient (Wildman–Crippen LogP) is 5.61. The highest BCUT2D eigenvalue weighted by atomic mass is 35.5. The zero-order valence-corrected chi connectivity index (χ0v) is 16.2. The van der Waals surface area contributed by atoms with Crippen LogP contribution in [0.3, 0.4) is 0 Å². The molecule has 0 aliphatic rings. The second-order valence-corrected chi connectivity index (χ2v) is 6.68. The van der Waals surface area contributed by atoms with Crippen molar-refractivity contribution in [3.05, 3.63) is 92.0 Å². The molecule has 3 aromatic rings. The molecular formula is C20H13Cl2N3O4. The number of nitrogens with zero attached hydrogens (tertiary/aromatic N) is 2. The molecule has 0 heterocycles. The van der Waals surface area contributed by atoms with Crippen LogP contribution < -0.4 is 5.32 Å². The Labute approximate surface area is 175 Å². The van der Waals surface area contributed by atoms with Gasteiger partial charge >= 0.3 is 0 Å². The molecule has 2 N–H and O–H groups in total. The second kappa shape index (κ2) is 8.72. The van der Waals surface area contributed by atoms with Crippen molar-refractivity contribution in [2.24, 2.45) is 4.99 Å². The van der Waals surface area contributed by atoms with Crippen LogP contribution in [0.2, 0.25) is 10.0 Å². The third kappa shape index (κ3) is 4.90. The number of halogens is 2. The van der Waals surface area contributed by atoms with E-state index in [-0.39, 0.29) is 38.6 Å². The number of hydrogen-bond donors (Lipinski definition) is 2. The van der Waals surface area contributed by atoms with Crippen LogP contribution >= 0.6 is 23.2 Å². The summed E-state index contributed by atoms with van der Waals surface area (Å²) >= 11 is 12.5. The molecule has 29 heavy (non-hydrogen) atoms. The number of carbonyl (C=O) groups excluding carboxylic acids is 1. The standard InChI is InChI=1S/C20H13Cl2N3O4/c21-15-10-18(24-20(27)12-4-2-1-3-5-12)16(22)9-17(15)23-11-13-8-14(25(28)29)6-7-19(13)26/h1-11,26H,(H,24,27). The Morgan fingerprint density at radius 1 is 1.07 bits per heavy atom. The molecule has 0 unspecified atom stereocenters. The molecule has 0 spiro atoms. The van der Waals surface area contributed by atoms with Crippen LogP contribution in [0.5, 0.6) is 5.75 Å². The monoisotopic (exact) mass is 429 g/mol. The highest BCUT2D eigenvalue weighted by molar-refractivity contribution is 6.37. The first-order chi connectivity index (χ1) is 13.8. The van der Waals surface area contributed by atoms with Crippen molar-refractivity contribution >= 4 is 52.4 Å². The number of nitro benzene ring substituents is 1. The summed E-state index contributed by atoms with van der Waals surface area (Å²) in [7, 11) is 0. The van der Waals surface area contributed by atoms with E-state index in [1.165, 1.54) is 36.5 Å². The average Bonchev–Trinajstić information content (AvgIpc) is 2.70. The number of carbonyl (C=O) groups is 1. The molecule has 0 bridgehead atoms. The number of rotatable bonds is 5. The quantitative estimate of drug-likeness (QED) is 0.312. The van der Waals surface area contributed by atoms with E-state index in [0.717, 1.165) is 0 Å². The lowest BCUT2D eigenvalue weighted by Gasteiger charge is -2.09. The van der Waals surface area contributed by atoms with E-state index in [0.29, 0.717) is 11.3 Å². The molecule has 1 amide bonds. The molecule has 9 heteroatoms. The van der Waals surface area contributed by atoms with Crippen LogP contribution in [0.4, 0.5) is 17.1 Å². The summed E-state index contributed by atoms with van der Waals surface area (Å²) in [5, 5.41) is 23.8. The molecular weight excluding hydrogens is 417 g/mol. The molecule has 146 valence electrons. The van der Waals surface area contributed by atoms with Crippen molar-refractivity contribution in [3.63, 3.8) is 0 Å². The summed E-state index contributed by atoms with van der Waals surface area (Å²) in [6.45, 7) is 0. The van der Waals surface area contributed by atoms with Crippen molar-refractivity contribution in [1.29, 1.82) is 0 Å². The van der Waals surface area contributed by atoms with Gasteiger partial charge in [-0.2, -0.15) is 0 Å². The van der Waals surface area contributed by atoms with Gasteiger partial charge in [0.15, 0.2) is 0 Å². The van der Waals surface area contributed by atoms with E-state index in [1.807, 2.05) is 0 Å². The lowest BCUT2D eigenvalue weighted by molar-refractivity contribution is -0.384. The highest BCUT2D eigenvalue weighted by Gasteiger charge is 2.12. The molecule has 0 atom stereocenters. The van der Waals surface area contributed by atoms with Gasteiger partial charge < -0.3 is 10.4 Å². The third-order valence-corrected chi connectivity index (χ3v) is 4.50. The van der Waals surface area contributed by atoms with Crippen molar-refractivity contribution < 1.29 is 14.8 Å². The molecule has 0 aromatic heterocycles. The Kier molecular flexibility index (Phi) is 6.11. The van der Waals surface area contributed by atoms with E-state index in [4.69, 9.17) is 23.2 Å². The number of nitrogens with one attached hydrogen (secondary N) is 1. The molecule has 0 aliphatic carbocycles. The van der Waals surface area contributed by atoms with Gasteiger partial charge in [-0.3, -0.25) is 19.9 Å². The van der Waals surface area contributed by atoms with Crippen LogP contribution in [0, 0.1) is 10.1 Å². The van der Waals surface area contributed by atoms with Crippen LogP contribution in [0.15, 0.2) is 65.7 Å². The molecule has 7 nitrogen and oxygen atoms in total. The third-order valence-electron chi connectivity index (χ3n) is 3.89. The Bertz CT molecular complexity index is 1120. The van der Waals surface area contributed by atoms with E-state index in [2.05, 4.69) is 10.3 Å². The predicted molar refractivity (Wildman–Crippen MR) is 113 cm³/mol. The molecule has 0 radical (unpaired) electrons. The Morgan fingerprint density at radius 2 is 1.79 bits per heavy atom. The minimum absolute atomic E-state index is 0.146. The minimum atomic E-state index is -0.579. The number of amides is 1. The van der Waals surface area contributed by atoms with Crippen molar-refractivity contribution in [3.8, 4) is 5.75 Å². The van der Waals surface area contributed by atoms with Crippen LogP contribution in [-0.4, -0.2) is 22.2 Å². The van der Waals surface area contributed by atoms with Gasteiger partial charge in [0.2, 0.25) is 0 Å². The molecule has 3 rings (SSSR count). The second-order valence-electron chi connectivity index (χ2n) is 5.86. The van der Waals surface area contributed by atoms with E-state index < -0.39 is 4.92 Å². The largest absolute Gasteiger partial charge is 0.507 e. The Morgan fingerprint density at radius 3 is 2.48 bits per heavy atom. The summed E-state index contributed by atoms with van der Waals surface area (Å²) in [6.07, 6.45) is 1.24. The lowest BCUT2D eigenvalue weighted by atomic mass is 10.2. The minimum Gasteiger partial charge on any atom is -0.507 e. The van der Waals surface area contributed by atoms with Gasteiger partial charge in [0.05, 0.1) is 26.3 Å². The van der Waals surface area contributed by atoms with E-state index in [1.54, 1.807) is 30.3 Å². The number of aliphatic imine (C=N–C) groups is 1. The fourth-order valence-electron chi connectivity index (χ4n) is 2.41. The number of nitro groups is 1. The van der Waals surface area contributed by atoms with Crippen molar-refractivity contribution in [2.75, 3.05) is 5.32 Å². The maximum absolute atomic E-state index is 12.3. The topological polar surface area (TPSA) is 105 Å². The molecule has 0 aliphatic heterocycles. The highest BCUT2D eigenvalue weighted by Crippen LogP contribution is 2.35. The first-order valence-electron chi connectivity index (χ1n) is 8.22. The van der Waals surface area contributed by atoms with Crippen molar-refractivity contribution in [2.45, 2.75) is 0 Å². The van der Waals surface area contributed by atoms with Gasteiger partial charge in [-0.1, -0.05) is 41.4 Å². The van der Waals surface area contributed by atoms with Crippen LogP contribution in [0.1, 0.15) is 15.9 Å². The molecule has 3 aromatic carbocycles. The van der Waals surface area contributed by atoms with Crippen LogP contribution in [0.25, 0.3) is 0 Å². The normalized spacial score (nSPS) is 10.8. The number of aromatic hydroxyl groups is 1. The zero-order valence-electron chi connectivity index (χ0n) is 14.7. The first-order valence-corrected chi connectivity index (χ1v) is 8.97. The first kappa shape index (κ1) is 20.3. The van der Waals surface area contributed by atoms with Gasteiger partial charge in [0.25, 0.3) is 11.6 Å². The maximum Gasteiger partial charge on any atom is 0.270 e.